The molecule has 5 heteroatoms. The number of carboxylic acid groups (broad SMARTS) is 1. The van der Waals surface area contributed by atoms with E-state index in [4.69, 9.17) is 5.11 Å². The first kappa shape index (κ1) is 13.2. The van der Waals surface area contributed by atoms with Gasteiger partial charge in [0.1, 0.15) is 5.75 Å². The third kappa shape index (κ3) is 3.55. The van der Waals surface area contributed by atoms with E-state index < -0.39 is 12.6 Å². The highest BCUT2D eigenvalue weighted by Gasteiger charge is 2.12. The number of benzene rings is 1. The molecule has 1 aromatic rings. The van der Waals surface area contributed by atoms with Crippen molar-refractivity contribution in [3.05, 3.63) is 35.4 Å². The Hall–Kier alpha value is -1.91. The first-order chi connectivity index (χ1) is 7.91. The van der Waals surface area contributed by atoms with Crippen LogP contribution in [-0.2, 0) is 4.79 Å². The SMILES string of the molecule is CC(C)=C(C(=O)O)c1ccc(OC(F)F)cc1. The quantitative estimate of drug-likeness (QED) is 0.825. The molecule has 0 unspecified atom stereocenters. The summed E-state index contributed by atoms with van der Waals surface area (Å²) in [6.45, 7) is 0.461. The van der Waals surface area contributed by atoms with Crippen LogP contribution in [0.4, 0.5) is 8.78 Å². The first-order valence-corrected chi connectivity index (χ1v) is 4.88. The number of halogens is 2. The molecule has 0 heterocycles. The topological polar surface area (TPSA) is 46.5 Å². The van der Waals surface area contributed by atoms with E-state index >= 15 is 0 Å². The van der Waals surface area contributed by atoms with E-state index in [9.17, 15) is 13.6 Å². The molecule has 1 aromatic carbocycles. The fourth-order valence-corrected chi connectivity index (χ4v) is 1.43. The van der Waals surface area contributed by atoms with E-state index in [0.29, 0.717) is 11.1 Å². The molecule has 1 N–H and O–H groups in total. The molecule has 0 amide bonds. The molecule has 0 aliphatic carbocycles. The molecule has 92 valence electrons. The van der Waals surface area contributed by atoms with Crippen molar-refractivity contribution in [1.82, 2.24) is 0 Å². The van der Waals surface area contributed by atoms with Crippen LogP contribution in [0.15, 0.2) is 29.8 Å². The molecule has 0 bridgehead atoms. The lowest BCUT2D eigenvalue weighted by atomic mass is 10.0. The summed E-state index contributed by atoms with van der Waals surface area (Å²) in [6, 6.07) is 5.50. The van der Waals surface area contributed by atoms with E-state index in [2.05, 4.69) is 4.74 Å². The number of allylic oxidation sites excluding steroid dienone is 1. The van der Waals surface area contributed by atoms with Gasteiger partial charge in [0.25, 0.3) is 0 Å². The van der Waals surface area contributed by atoms with E-state index in [1.165, 1.54) is 24.3 Å². The van der Waals surface area contributed by atoms with Gasteiger partial charge in [-0.05, 0) is 31.5 Å². The number of hydrogen-bond acceptors (Lipinski definition) is 2. The minimum absolute atomic E-state index is 0.00208. The van der Waals surface area contributed by atoms with Gasteiger partial charge in [-0.25, -0.2) is 4.79 Å². The predicted molar refractivity (Wildman–Crippen MR) is 59.0 cm³/mol. The van der Waals surface area contributed by atoms with E-state index in [1.807, 2.05) is 0 Å². The maximum Gasteiger partial charge on any atom is 0.387 e. The normalized spacial score (nSPS) is 10.2. The Morgan fingerprint density at radius 1 is 1.24 bits per heavy atom. The summed E-state index contributed by atoms with van der Waals surface area (Å²) in [6.07, 6.45) is 0. The molecular formula is C12H12F2O3. The van der Waals surface area contributed by atoms with Crippen molar-refractivity contribution < 1.29 is 23.4 Å². The summed E-state index contributed by atoms with van der Waals surface area (Å²) in [5.41, 5.74) is 1.26. The maximum absolute atomic E-state index is 11.9. The van der Waals surface area contributed by atoms with Gasteiger partial charge in [0.15, 0.2) is 0 Å². The fourth-order valence-electron chi connectivity index (χ4n) is 1.43. The van der Waals surface area contributed by atoms with E-state index in [0.717, 1.165) is 0 Å². The van der Waals surface area contributed by atoms with Gasteiger partial charge in [0, 0.05) is 0 Å². The Morgan fingerprint density at radius 3 is 2.12 bits per heavy atom. The van der Waals surface area contributed by atoms with Crippen LogP contribution >= 0.6 is 0 Å². The molecule has 17 heavy (non-hydrogen) atoms. The van der Waals surface area contributed by atoms with Crippen LogP contribution in [0.3, 0.4) is 0 Å². The van der Waals surface area contributed by atoms with E-state index in [1.54, 1.807) is 13.8 Å². The van der Waals surface area contributed by atoms with Crippen molar-refractivity contribution in [2.24, 2.45) is 0 Å². The third-order valence-corrected chi connectivity index (χ3v) is 2.08. The Balaban J connectivity index is 3.02. The van der Waals surface area contributed by atoms with Gasteiger partial charge in [-0.15, -0.1) is 0 Å². The van der Waals surface area contributed by atoms with Crippen molar-refractivity contribution in [1.29, 1.82) is 0 Å². The molecule has 0 atom stereocenters. The Bertz CT molecular complexity index is 432. The van der Waals surface area contributed by atoms with Gasteiger partial charge >= 0.3 is 12.6 Å². The number of hydrogen-bond donors (Lipinski definition) is 1. The van der Waals surface area contributed by atoms with Gasteiger partial charge in [-0.3, -0.25) is 0 Å². The van der Waals surface area contributed by atoms with Crippen LogP contribution < -0.4 is 4.74 Å². The summed E-state index contributed by atoms with van der Waals surface area (Å²) in [4.78, 5) is 11.0. The van der Waals surface area contributed by atoms with Crippen LogP contribution in [0.1, 0.15) is 19.4 Å². The zero-order chi connectivity index (χ0) is 13.0. The summed E-state index contributed by atoms with van der Waals surface area (Å²) in [5.74, 6) is -1.05. The second kappa shape index (κ2) is 5.43. The molecule has 0 spiro atoms. The molecule has 0 radical (unpaired) electrons. The highest BCUT2D eigenvalue weighted by molar-refractivity contribution is 6.16. The highest BCUT2D eigenvalue weighted by Crippen LogP contribution is 2.22. The van der Waals surface area contributed by atoms with E-state index in [-0.39, 0.29) is 11.3 Å². The van der Waals surface area contributed by atoms with Gasteiger partial charge in [0.2, 0.25) is 0 Å². The first-order valence-electron chi connectivity index (χ1n) is 4.88. The average molecular weight is 242 g/mol. The van der Waals surface area contributed by atoms with Crippen molar-refractivity contribution >= 4 is 11.5 Å². The number of carboxylic acids is 1. The second-order valence-corrected chi connectivity index (χ2v) is 3.58. The largest absolute Gasteiger partial charge is 0.478 e. The lowest BCUT2D eigenvalue weighted by molar-refractivity contribution is -0.130. The minimum atomic E-state index is -2.89. The standard InChI is InChI=1S/C12H12F2O3/c1-7(2)10(11(15)16)8-3-5-9(6-4-8)17-12(13)14/h3-6,12H,1-2H3,(H,15,16). The molecule has 3 nitrogen and oxygen atoms in total. The average Bonchev–Trinajstić information content (AvgIpc) is 2.18. The van der Waals surface area contributed by atoms with Crippen LogP contribution in [0.5, 0.6) is 5.75 Å². The highest BCUT2D eigenvalue weighted by atomic mass is 19.3. The summed E-state index contributed by atoms with van der Waals surface area (Å²) in [5, 5.41) is 9.00. The Kier molecular flexibility index (Phi) is 4.20. The van der Waals surface area contributed by atoms with Gasteiger partial charge in [0.05, 0.1) is 5.57 Å². The smallest absolute Gasteiger partial charge is 0.387 e. The molecule has 0 fully saturated rings. The second-order valence-electron chi connectivity index (χ2n) is 3.58. The predicted octanol–water partition coefficient (Wildman–Crippen LogP) is 3.17. The summed E-state index contributed by atoms with van der Waals surface area (Å²) < 4.78 is 28.0. The van der Waals surface area contributed by atoms with Crippen LogP contribution in [0.25, 0.3) is 5.57 Å². The van der Waals surface area contributed by atoms with Crippen LogP contribution in [0, 0.1) is 0 Å². The monoisotopic (exact) mass is 242 g/mol. The number of ether oxygens (including phenoxy) is 1. The molecular weight excluding hydrogens is 230 g/mol. The Morgan fingerprint density at radius 2 is 1.76 bits per heavy atom. The molecule has 0 aromatic heterocycles. The summed E-state index contributed by atoms with van der Waals surface area (Å²) in [7, 11) is 0. The van der Waals surface area contributed by atoms with Crippen molar-refractivity contribution in [2.75, 3.05) is 0 Å². The molecule has 0 saturated carbocycles. The van der Waals surface area contributed by atoms with Crippen LogP contribution in [-0.4, -0.2) is 17.7 Å². The zero-order valence-electron chi connectivity index (χ0n) is 9.41. The molecule has 0 aliphatic heterocycles. The number of aliphatic carboxylic acids is 1. The minimum Gasteiger partial charge on any atom is -0.478 e. The fraction of sp³-hybridized carbons (Fsp3) is 0.250. The lowest BCUT2D eigenvalue weighted by Crippen LogP contribution is -2.03. The zero-order valence-corrected chi connectivity index (χ0v) is 9.41. The van der Waals surface area contributed by atoms with Crippen LogP contribution in [0.2, 0.25) is 0 Å². The summed E-state index contributed by atoms with van der Waals surface area (Å²) >= 11 is 0. The lowest BCUT2D eigenvalue weighted by Gasteiger charge is -2.07. The van der Waals surface area contributed by atoms with Gasteiger partial charge < -0.3 is 9.84 Å². The third-order valence-electron chi connectivity index (χ3n) is 2.08. The van der Waals surface area contributed by atoms with Crippen molar-refractivity contribution in [2.45, 2.75) is 20.5 Å². The number of rotatable bonds is 4. The number of carbonyl (C=O) groups is 1. The van der Waals surface area contributed by atoms with Crippen molar-refractivity contribution in [3.63, 3.8) is 0 Å². The Labute approximate surface area is 97.3 Å². The maximum atomic E-state index is 11.9. The van der Waals surface area contributed by atoms with Gasteiger partial charge in [-0.2, -0.15) is 8.78 Å². The van der Waals surface area contributed by atoms with Crippen molar-refractivity contribution in [3.8, 4) is 5.75 Å². The molecule has 0 saturated heterocycles. The molecule has 1 rings (SSSR count). The molecule has 0 aliphatic rings. The number of alkyl halides is 2. The van der Waals surface area contributed by atoms with Gasteiger partial charge in [-0.1, -0.05) is 17.7 Å².